The highest BCUT2D eigenvalue weighted by molar-refractivity contribution is 6.23. The van der Waals surface area contributed by atoms with E-state index in [-0.39, 0.29) is 29.9 Å². The Morgan fingerprint density at radius 2 is 1.76 bits per heavy atom. The van der Waals surface area contributed by atoms with Gasteiger partial charge in [0.15, 0.2) is 6.10 Å². The summed E-state index contributed by atoms with van der Waals surface area (Å²) in [6.07, 6.45) is -1.38. The van der Waals surface area contributed by atoms with E-state index < -0.39 is 34.5 Å². The normalized spacial score (nSPS) is 13.8. The molecule has 1 unspecified atom stereocenters. The highest BCUT2D eigenvalue weighted by Crippen LogP contribution is 2.30. The molecule has 1 atom stereocenters. The number of ketones is 1. The predicted octanol–water partition coefficient (Wildman–Crippen LogP) is 2.40. The Kier molecular flexibility index (Phi) is 5.49. The number of rotatable bonds is 7. The van der Waals surface area contributed by atoms with Crippen molar-refractivity contribution in [1.29, 1.82) is 0 Å². The van der Waals surface area contributed by atoms with Crippen LogP contribution in [0, 0.1) is 10.1 Å². The summed E-state index contributed by atoms with van der Waals surface area (Å²) in [4.78, 5) is 60.3. The fraction of sp³-hybridized carbons (Fsp3) is 0.200. The number of esters is 1. The summed E-state index contributed by atoms with van der Waals surface area (Å²) < 4.78 is 5.09. The summed E-state index contributed by atoms with van der Waals surface area (Å²) in [6.45, 7) is 1.12. The maximum absolute atomic E-state index is 12.5. The molecule has 0 fully saturated rings. The fourth-order valence-electron chi connectivity index (χ4n) is 3.02. The molecule has 0 aliphatic carbocycles. The number of Topliss-reactive ketones (excluding diaryl/α,β-unsaturated/α-hetero) is 1. The van der Waals surface area contributed by atoms with E-state index in [0.717, 1.165) is 11.0 Å². The second kappa shape index (κ2) is 8.01. The molecule has 1 aliphatic heterocycles. The van der Waals surface area contributed by atoms with Crippen molar-refractivity contribution in [2.75, 3.05) is 6.54 Å². The lowest BCUT2D eigenvalue weighted by Crippen LogP contribution is -2.33. The van der Waals surface area contributed by atoms with Crippen molar-refractivity contribution in [2.45, 2.75) is 19.4 Å². The minimum absolute atomic E-state index is 0.0785. The molecule has 1 heterocycles. The molecule has 0 saturated heterocycles. The van der Waals surface area contributed by atoms with Crippen LogP contribution in [0.3, 0.4) is 0 Å². The Morgan fingerprint density at radius 3 is 2.41 bits per heavy atom. The number of benzene rings is 2. The molecule has 0 spiro atoms. The summed E-state index contributed by atoms with van der Waals surface area (Å²) in [7, 11) is 0. The SMILES string of the molecule is CC(OC(=O)CCN1C(=O)c2cccc([N+](=O)[O-])c2C1=O)C(=O)c1ccccc1. The predicted molar refractivity (Wildman–Crippen MR) is 99.4 cm³/mol. The minimum atomic E-state index is -1.03. The third-order valence-corrected chi connectivity index (χ3v) is 4.45. The van der Waals surface area contributed by atoms with Gasteiger partial charge >= 0.3 is 5.97 Å². The summed E-state index contributed by atoms with van der Waals surface area (Å²) in [5, 5.41) is 11.1. The van der Waals surface area contributed by atoms with Crippen molar-refractivity contribution in [2.24, 2.45) is 0 Å². The van der Waals surface area contributed by atoms with Gasteiger partial charge in [0.1, 0.15) is 5.56 Å². The van der Waals surface area contributed by atoms with Gasteiger partial charge in [0, 0.05) is 18.2 Å². The van der Waals surface area contributed by atoms with Gasteiger partial charge in [-0.3, -0.25) is 34.2 Å². The second-order valence-corrected chi connectivity index (χ2v) is 6.33. The lowest BCUT2D eigenvalue weighted by atomic mass is 10.1. The van der Waals surface area contributed by atoms with Crippen LogP contribution < -0.4 is 0 Å². The molecule has 3 rings (SSSR count). The number of hydrogen-bond acceptors (Lipinski definition) is 7. The van der Waals surface area contributed by atoms with E-state index in [0.29, 0.717) is 5.56 Å². The van der Waals surface area contributed by atoms with Crippen LogP contribution >= 0.6 is 0 Å². The molecule has 2 aromatic carbocycles. The third-order valence-electron chi connectivity index (χ3n) is 4.45. The van der Waals surface area contributed by atoms with Crippen molar-refractivity contribution >= 4 is 29.3 Å². The van der Waals surface area contributed by atoms with E-state index in [1.807, 2.05) is 0 Å². The van der Waals surface area contributed by atoms with Gasteiger partial charge in [0.05, 0.1) is 16.9 Å². The lowest BCUT2D eigenvalue weighted by Gasteiger charge is -2.15. The van der Waals surface area contributed by atoms with Gasteiger partial charge < -0.3 is 4.74 Å². The van der Waals surface area contributed by atoms with Crippen molar-refractivity contribution in [1.82, 2.24) is 4.90 Å². The van der Waals surface area contributed by atoms with E-state index in [9.17, 15) is 29.3 Å². The number of carbonyl (C=O) groups excluding carboxylic acids is 4. The van der Waals surface area contributed by atoms with E-state index >= 15 is 0 Å². The van der Waals surface area contributed by atoms with E-state index in [2.05, 4.69) is 0 Å². The first-order valence-electron chi connectivity index (χ1n) is 8.73. The number of fused-ring (bicyclic) bond motifs is 1. The van der Waals surface area contributed by atoms with Crippen LogP contribution in [0.2, 0.25) is 0 Å². The number of hydrogen-bond donors (Lipinski definition) is 0. The van der Waals surface area contributed by atoms with Gasteiger partial charge in [-0.15, -0.1) is 0 Å². The Hall–Kier alpha value is -3.88. The van der Waals surface area contributed by atoms with Crippen LogP contribution in [-0.4, -0.2) is 46.0 Å². The van der Waals surface area contributed by atoms with E-state index in [4.69, 9.17) is 4.74 Å². The first kappa shape index (κ1) is 19.9. The zero-order valence-corrected chi connectivity index (χ0v) is 15.4. The smallest absolute Gasteiger partial charge is 0.308 e. The summed E-state index contributed by atoms with van der Waals surface area (Å²) >= 11 is 0. The average Bonchev–Trinajstić information content (AvgIpc) is 2.96. The number of nitro benzene ring substituents is 1. The Balaban J connectivity index is 1.63. The summed E-state index contributed by atoms with van der Waals surface area (Å²) in [5.74, 6) is -2.70. The maximum Gasteiger partial charge on any atom is 0.308 e. The molecule has 1 aliphatic rings. The molecule has 29 heavy (non-hydrogen) atoms. The maximum atomic E-state index is 12.5. The Morgan fingerprint density at radius 1 is 1.07 bits per heavy atom. The largest absolute Gasteiger partial charge is 0.454 e. The summed E-state index contributed by atoms with van der Waals surface area (Å²) in [5.41, 5.74) is -0.442. The lowest BCUT2D eigenvalue weighted by molar-refractivity contribution is -0.385. The van der Waals surface area contributed by atoms with Gasteiger partial charge in [-0.25, -0.2) is 0 Å². The standard InChI is InChI=1S/C20H16N2O7/c1-12(18(24)13-6-3-2-4-7-13)29-16(23)10-11-21-19(25)14-8-5-9-15(22(27)28)17(14)20(21)26/h2-9,12H,10-11H2,1H3. The van der Waals surface area contributed by atoms with Gasteiger partial charge in [-0.05, 0) is 13.0 Å². The number of imide groups is 1. The molecule has 148 valence electrons. The highest BCUT2D eigenvalue weighted by atomic mass is 16.6. The molecule has 0 saturated carbocycles. The van der Waals surface area contributed by atoms with Crippen molar-refractivity contribution < 1.29 is 28.8 Å². The fourth-order valence-corrected chi connectivity index (χ4v) is 3.02. The van der Waals surface area contributed by atoms with Crippen LogP contribution in [0.15, 0.2) is 48.5 Å². The van der Waals surface area contributed by atoms with Crippen LogP contribution in [0.25, 0.3) is 0 Å². The molecule has 9 nitrogen and oxygen atoms in total. The van der Waals surface area contributed by atoms with Crippen LogP contribution in [0.1, 0.15) is 44.4 Å². The molecule has 0 radical (unpaired) electrons. The van der Waals surface area contributed by atoms with Crippen molar-refractivity contribution in [3.63, 3.8) is 0 Å². The highest BCUT2D eigenvalue weighted by Gasteiger charge is 2.40. The molecule has 0 aromatic heterocycles. The van der Waals surface area contributed by atoms with Gasteiger partial charge in [-0.2, -0.15) is 0 Å². The molecular weight excluding hydrogens is 380 g/mol. The molecule has 2 aromatic rings. The zero-order chi connectivity index (χ0) is 21.1. The minimum Gasteiger partial charge on any atom is -0.454 e. The van der Waals surface area contributed by atoms with Gasteiger partial charge in [0.2, 0.25) is 5.78 Å². The topological polar surface area (TPSA) is 124 Å². The molecule has 0 N–H and O–H groups in total. The number of amides is 2. The Bertz CT molecular complexity index is 1020. The molecule has 9 heteroatoms. The first-order chi connectivity index (χ1) is 13.8. The van der Waals surface area contributed by atoms with Crippen LogP contribution in [0.5, 0.6) is 0 Å². The molecule has 0 bridgehead atoms. The number of nitrogens with zero attached hydrogens (tertiary/aromatic N) is 2. The average molecular weight is 396 g/mol. The van der Waals surface area contributed by atoms with Gasteiger partial charge in [0.25, 0.3) is 17.5 Å². The number of ether oxygens (including phenoxy) is 1. The Labute approximate surface area is 165 Å². The molecular formula is C20H16N2O7. The second-order valence-electron chi connectivity index (χ2n) is 6.33. The van der Waals surface area contributed by atoms with Crippen LogP contribution in [-0.2, 0) is 9.53 Å². The van der Waals surface area contributed by atoms with E-state index in [1.165, 1.54) is 19.1 Å². The third kappa shape index (κ3) is 3.88. The quantitative estimate of drug-likeness (QED) is 0.231. The monoisotopic (exact) mass is 396 g/mol. The number of carbonyl (C=O) groups is 4. The van der Waals surface area contributed by atoms with Crippen molar-refractivity contribution in [3.8, 4) is 0 Å². The van der Waals surface area contributed by atoms with E-state index in [1.54, 1.807) is 30.3 Å². The van der Waals surface area contributed by atoms with Crippen LogP contribution in [0.4, 0.5) is 5.69 Å². The molecule has 2 amide bonds. The summed E-state index contributed by atoms with van der Waals surface area (Å²) in [6, 6.07) is 12.1. The first-order valence-corrected chi connectivity index (χ1v) is 8.73. The van der Waals surface area contributed by atoms with Crippen molar-refractivity contribution in [3.05, 3.63) is 75.3 Å². The van der Waals surface area contributed by atoms with Gasteiger partial charge in [-0.1, -0.05) is 36.4 Å². The zero-order valence-electron chi connectivity index (χ0n) is 15.4. The number of nitro groups is 1.